The lowest BCUT2D eigenvalue weighted by Crippen LogP contribution is -2.82. The molecule has 84 heavy (non-hydrogen) atoms. The molecule has 21 nitrogen and oxygen atoms in total. The minimum Gasteiger partial charge on any atom is -0.455 e. The fourth-order valence-electron chi connectivity index (χ4n) is 12.7. The molecule has 0 spiro atoms. The average Bonchev–Trinajstić information content (AvgIpc) is 0.685. The van der Waals surface area contributed by atoms with Crippen LogP contribution < -0.4 is 16.0 Å². The van der Waals surface area contributed by atoms with E-state index in [4.69, 9.17) is 37.9 Å². The lowest BCUT2D eigenvalue weighted by Gasteiger charge is -2.67. The SMILES string of the molecule is CN[C@H](CCCCNCNCCOCCOCC(=O)O[C@@H](C(=O)O[C@H]1C[C@@]2(O)[C@@H](OC(=O)c3ccccc3)[C@@H]3[C@]4(OC(C)=O)CO[C@@H]4C[C@H](O)[C@@]3(C)C(=O)[C@H](OC(C)=O)C(=C1C)C2(C)C)[C@@H](CC(=O)c1ccccc1)c1ccccc1)C(C)=O. The summed E-state index contributed by atoms with van der Waals surface area (Å²) < 4.78 is 48.4. The highest BCUT2D eigenvalue weighted by Gasteiger charge is 2.78. The van der Waals surface area contributed by atoms with Crippen LogP contribution in [0.5, 0.6) is 0 Å². The minimum atomic E-state index is -2.47. The summed E-state index contributed by atoms with van der Waals surface area (Å²) in [6, 6.07) is 24.5. The van der Waals surface area contributed by atoms with E-state index in [1.54, 1.807) is 107 Å². The standard InChI is InChI=1S/C63H81N3O18/c1-38-48(34-63(76)57(83-58(74)44-24-16-11-17-25-44)55-61(7,49(71)33-50-62(55,36-79-50)84-41(4)69)56(73)54(80-40(3)68)52(38)60(63,5)6)81-59(75)53(45(42-20-12-9-13-21-42)32-47(70)43-22-14-10-15-23-43)82-51(72)35-78-31-30-77-29-28-66-37-65-27-19-18-26-46(64-8)39(2)67/h9-17,20-25,45-46,48-50,53-55,57,64-66,71,76H,18-19,26-37H2,1-8H3/t45-,46+,48-,49-,50+,53+,54+,55-,57-,61+,62-,63+/m0/s1. The first kappa shape index (κ1) is 65.0. The van der Waals surface area contributed by atoms with Crippen LogP contribution in [0.25, 0.3) is 0 Å². The molecule has 0 radical (unpaired) electrons. The second-order valence-corrected chi connectivity index (χ2v) is 22.9. The summed E-state index contributed by atoms with van der Waals surface area (Å²) in [5.74, 6) is -8.85. The van der Waals surface area contributed by atoms with Crippen molar-refractivity contribution < 1.29 is 86.5 Å². The molecule has 2 bridgehead atoms. The molecule has 12 atom stereocenters. The minimum absolute atomic E-state index is 0.0327. The van der Waals surface area contributed by atoms with Crippen LogP contribution in [0.2, 0.25) is 0 Å². The number of unbranched alkanes of at least 4 members (excludes halogenated alkanes) is 1. The maximum atomic E-state index is 15.8. The van der Waals surface area contributed by atoms with Crippen LogP contribution >= 0.6 is 0 Å². The molecule has 1 aliphatic heterocycles. The number of hydrogen-bond donors (Lipinski definition) is 5. The van der Waals surface area contributed by atoms with E-state index < -0.39 is 125 Å². The van der Waals surface area contributed by atoms with E-state index in [2.05, 4.69) is 16.0 Å². The van der Waals surface area contributed by atoms with Crippen molar-refractivity contribution in [2.45, 2.75) is 147 Å². The molecule has 456 valence electrons. The summed E-state index contributed by atoms with van der Waals surface area (Å²) in [5, 5.41) is 35.9. The quantitative estimate of drug-likeness (QED) is 0.0157. The van der Waals surface area contributed by atoms with E-state index in [9.17, 15) is 39.0 Å². The lowest BCUT2D eigenvalue weighted by atomic mass is 9.44. The summed E-state index contributed by atoms with van der Waals surface area (Å²) in [7, 11) is 1.78. The van der Waals surface area contributed by atoms with Crippen molar-refractivity contribution in [3.05, 3.63) is 119 Å². The molecule has 3 aliphatic carbocycles. The van der Waals surface area contributed by atoms with Crippen LogP contribution in [0.3, 0.4) is 0 Å². The number of carbonyl (C=O) groups is 8. The Hall–Kier alpha value is -6.56. The number of esters is 5. The number of hydrogen-bond acceptors (Lipinski definition) is 21. The Bertz CT molecular complexity index is 2850. The number of nitrogens with one attached hydrogen (secondary N) is 3. The molecule has 0 aromatic heterocycles. The third-order valence-corrected chi connectivity index (χ3v) is 17.2. The first-order valence-corrected chi connectivity index (χ1v) is 28.7. The smallest absolute Gasteiger partial charge is 0.348 e. The van der Waals surface area contributed by atoms with Crippen molar-refractivity contribution in [3.8, 4) is 0 Å². The van der Waals surface area contributed by atoms with Crippen LogP contribution in [-0.4, -0.2) is 171 Å². The molecule has 1 heterocycles. The number of ketones is 3. The second kappa shape index (κ2) is 28.6. The van der Waals surface area contributed by atoms with Crippen molar-refractivity contribution in [2.75, 3.05) is 59.8 Å². The van der Waals surface area contributed by atoms with Crippen LogP contribution in [0.4, 0.5) is 0 Å². The van der Waals surface area contributed by atoms with Crippen molar-refractivity contribution in [1.29, 1.82) is 0 Å². The fraction of sp³-hybridized carbons (Fsp3) is 0.556. The molecular formula is C63H81N3O18. The summed E-state index contributed by atoms with van der Waals surface area (Å²) in [6.07, 6.45) is -8.54. The molecule has 1 saturated heterocycles. The first-order valence-electron chi connectivity index (χ1n) is 28.7. The average molecular weight is 1170 g/mol. The third kappa shape index (κ3) is 14.2. The number of aliphatic hydroxyl groups excluding tert-OH is 1. The maximum absolute atomic E-state index is 15.8. The predicted molar refractivity (Wildman–Crippen MR) is 303 cm³/mol. The largest absolute Gasteiger partial charge is 0.455 e. The van der Waals surface area contributed by atoms with Gasteiger partial charge < -0.3 is 64.1 Å². The zero-order valence-corrected chi connectivity index (χ0v) is 49.2. The van der Waals surface area contributed by atoms with Gasteiger partial charge in [0.2, 0.25) is 6.10 Å². The highest BCUT2D eigenvalue weighted by Crippen LogP contribution is 2.64. The Balaban J connectivity index is 1.19. The molecule has 3 aromatic carbocycles. The maximum Gasteiger partial charge on any atom is 0.348 e. The van der Waals surface area contributed by atoms with Crippen molar-refractivity contribution in [1.82, 2.24) is 16.0 Å². The Kier molecular flexibility index (Phi) is 22.1. The number of fused-ring (bicyclic) bond motifs is 5. The van der Waals surface area contributed by atoms with Gasteiger partial charge in [0.1, 0.15) is 36.3 Å². The van der Waals surface area contributed by atoms with E-state index in [-0.39, 0.29) is 61.2 Å². The highest BCUT2D eigenvalue weighted by atomic mass is 16.6. The Morgan fingerprint density at radius 3 is 2.01 bits per heavy atom. The third-order valence-electron chi connectivity index (χ3n) is 17.2. The molecule has 3 fully saturated rings. The second-order valence-electron chi connectivity index (χ2n) is 22.9. The zero-order chi connectivity index (χ0) is 61.0. The number of aliphatic hydroxyl groups is 2. The van der Waals surface area contributed by atoms with E-state index in [1.807, 2.05) is 0 Å². The number of carbonyl (C=O) groups excluding carboxylic acids is 8. The van der Waals surface area contributed by atoms with Gasteiger partial charge in [-0.15, -0.1) is 0 Å². The van der Waals surface area contributed by atoms with Gasteiger partial charge in [0, 0.05) is 63.2 Å². The van der Waals surface area contributed by atoms with Gasteiger partial charge in [-0.25, -0.2) is 14.4 Å². The van der Waals surface area contributed by atoms with E-state index in [0.717, 1.165) is 39.7 Å². The molecule has 3 aromatic rings. The fourth-order valence-corrected chi connectivity index (χ4v) is 12.7. The molecule has 0 amide bonds. The van der Waals surface area contributed by atoms with E-state index in [0.29, 0.717) is 30.9 Å². The predicted octanol–water partition coefficient (Wildman–Crippen LogP) is 4.69. The molecule has 4 aliphatic rings. The first-order chi connectivity index (χ1) is 40.0. The summed E-state index contributed by atoms with van der Waals surface area (Å²) in [6.45, 7) is 11.1. The molecule has 2 saturated carbocycles. The Morgan fingerprint density at radius 1 is 0.774 bits per heavy atom. The number of benzene rings is 3. The number of likely N-dealkylation sites (N-methyl/N-ethyl adjacent to an activating group) is 1. The molecular weight excluding hydrogens is 1090 g/mol. The van der Waals surface area contributed by atoms with Crippen molar-refractivity contribution in [2.24, 2.45) is 16.7 Å². The number of ether oxygens (including phenoxy) is 8. The molecule has 21 heteroatoms. The van der Waals surface area contributed by atoms with Gasteiger partial charge in [-0.2, -0.15) is 0 Å². The molecule has 0 unspecified atom stereocenters. The van der Waals surface area contributed by atoms with Gasteiger partial charge >= 0.3 is 29.8 Å². The lowest BCUT2D eigenvalue weighted by molar-refractivity contribution is -0.346. The summed E-state index contributed by atoms with van der Waals surface area (Å²) in [5.41, 5.74) is -7.28. The van der Waals surface area contributed by atoms with E-state index >= 15 is 9.59 Å². The zero-order valence-electron chi connectivity index (χ0n) is 49.2. The number of rotatable bonds is 29. The van der Waals surface area contributed by atoms with Gasteiger partial charge in [-0.3, -0.25) is 24.0 Å². The monoisotopic (exact) mass is 1170 g/mol. The Labute approximate surface area is 490 Å². The van der Waals surface area contributed by atoms with Crippen LogP contribution in [0.15, 0.2) is 102 Å². The van der Waals surface area contributed by atoms with Gasteiger partial charge in [-0.1, -0.05) is 99.1 Å². The van der Waals surface area contributed by atoms with Crippen LogP contribution in [-0.2, 0) is 66.7 Å². The Morgan fingerprint density at radius 2 is 1.40 bits per heavy atom. The van der Waals surface area contributed by atoms with Gasteiger partial charge in [0.05, 0.1) is 55.5 Å². The van der Waals surface area contributed by atoms with Crippen molar-refractivity contribution in [3.63, 3.8) is 0 Å². The van der Waals surface area contributed by atoms with Crippen molar-refractivity contribution >= 4 is 47.2 Å². The van der Waals surface area contributed by atoms with E-state index in [1.165, 1.54) is 26.0 Å². The van der Waals surface area contributed by atoms with Gasteiger partial charge in [0.25, 0.3) is 0 Å². The van der Waals surface area contributed by atoms with Gasteiger partial charge in [-0.05, 0) is 76.0 Å². The van der Waals surface area contributed by atoms with Gasteiger partial charge in [0.15, 0.2) is 23.3 Å². The summed E-state index contributed by atoms with van der Waals surface area (Å²) in [4.78, 5) is 112. The highest BCUT2D eigenvalue weighted by molar-refractivity contribution is 5.98. The topological polar surface area (TPSA) is 287 Å². The molecule has 7 rings (SSSR count). The number of Topliss-reactive ketones (excluding diaryl/α,β-unsaturated/α-hetero) is 3. The molecule has 5 N–H and O–H groups in total. The normalized spacial score (nSPS) is 27.0. The van der Waals surface area contributed by atoms with Crippen LogP contribution in [0.1, 0.15) is 119 Å². The summed E-state index contributed by atoms with van der Waals surface area (Å²) >= 11 is 0. The van der Waals surface area contributed by atoms with Crippen LogP contribution in [0, 0.1) is 16.7 Å².